The highest BCUT2D eigenvalue weighted by Gasteiger charge is 2.36. The van der Waals surface area contributed by atoms with Gasteiger partial charge in [0.1, 0.15) is 5.25 Å². The Morgan fingerprint density at radius 2 is 2.10 bits per heavy atom. The number of carbonyl (C=O) groups is 2. The lowest BCUT2D eigenvalue weighted by molar-refractivity contribution is -0.127. The predicted molar refractivity (Wildman–Crippen MR) is 86.7 cm³/mol. The van der Waals surface area contributed by atoms with Gasteiger partial charge in [-0.1, -0.05) is 17.8 Å². The molecule has 2 amide bonds. The molecule has 1 atom stereocenters. The number of hydrogen-bond donors (Lipinski definition) is 1. The minimum Gasteiger partial charge on any atom is -0.326 e. The van der Waals surface area contributed by atoms with Crippen LogP contribution >= 0.6 is 11.8 Å². The van der Waals surface area contributed by atoms with Crippen molar-refractivity contribution in [2.45, 2.75) is 25.5 Å². The molecule has 1 aliphatic heterocycles. The maximum absolute atomic E-state index is 12.1. The van der Waals surface area contributed by atoms with E-state index in [1.165, 1.54) is 22.2 Å². The molecule has 1 aromatic rings. The van der Waals surface area contributed by atoms with Crippen molar-refractivity contribution in [2.24, 2.45) is 4.99 Å². The molecule has 0 saturated carbocycles. The zero-order valence-electron chi connectivity index (χ0n) is 12.6. The Balaban J connectivity index is 1.99. The molecule has 21 heavy (non-hydrogen) atoms. The number of hydrogen-bond acceptors (Lipinski definition) is 4. The molecule has 1 aliphatic rings. The van der Waals surface area contributed by atoms with Crippen molar-refractivity contribution in [3.05, 3.63) is 29.3 Å². The van der Waals surface area contributed by atoms with E-state index in [1.54, 1.807) is 14.1 Å². The van der Waals surface area contributed by atoms with Gasteiger partial charge in [-0.3, -0.25) is 19.5 Å². The van der Waals surface area contributed by atoms with Gasteiger partial charge in [0.05, 0.1) is 0 Å². The fourth-order valence-electron chi connectivity index (χ4n) is 2.10. The first kappa shape index (κ1) is 15.6. The van der Waals surface area contributed by atoms with Crippen LogP contribution in [-0.2, 0) is 9.59 Å². The van der Waals surface area contributed by atoms with Gasteiger partial charge in [-0.25, -0.2) is 0 Å². The van der Waals surface area contributed by atoms with Gasteiger partial charge in [0.25, 0.3) is 0 Å². The van der Waals surface area contributed by atoms with Crippen LogP contribution in [0.2, 0.25) is 0 Å². The summed E-state index contributed by atoms with van der Waals surface area (Å²) in [5.41, 5.74) is 3.07. The van der Waals surface area contributed by atoms with E-state index in [4.69, 9.17) is 0 Å². The Morgan fingerprint density at radius 1 is 1.38 bits per heavy atom. The maximum atomic E-state index is 12.1. The molecule has 1 fully saturated rings. The highest BCUT2D eigenvalue weighted by Crippen LogP contribution is 2.28. The lowest BCUT2D eigenvalue weighted by atomic mass is 10.1. The van der Waals surface area contributed by atoms with Crippen molar-refractivity contribution in [2.75, 3.05) is 19.4 Å². The number of nitrogens with zero attached hydrogens (tertiary/aromatic N) is 2. The Bertz CT molecular complexity index is 613. The molecule has 112 valence electrons. The standard InChI is InChI=1S/C15H19N3O2S/c1-9-5-6-11(7-10(9)2)17-13(19)8-12-14(20)18(4)15(16-3)21-12/h5-7,12H,8H2,1-4H3,(H,17,19). The summed E-state index contributed by atoms with van der Waals surface area (Å²) in [6, 6.07) is 5.77. The quantitative estimate of drug-likeness (QED) is 0.931. The first-order valence-corrected chi connectivity index (χ1v) is 7.58. The number of nitrogens with one attached hydrogen (secondary N) is 1. The van der Waals surface area contributed by atoms with Gasteiger partial charge in [0, 0.05) is 26.2 Å². The number of amides is 2. The van der Waals surface area contributed by atoms with Crippen LogP contribution in [0.4, 0.5) is 5.69 Å². The van der Waals surface area contributed by atoms with Crippen molar-refractivity contribution in [1.29, 1.82) is 0 Å². The van der Waals surface area contributed by atoms with Gasteiger partial charge >= 0.3 is 0 Å². The minimum atomic E-state index is -0.389. The smallest absolute Gasteiger partial charge is 0.242 e. The van der Waals surface area contributed by atoms with Crippen LogP contribution < -0.4 is 5.32 Å². The molecule has 2 rings (SSSR count). The van der Waals surface area contributed by atoms with Crippen LogP contribution in [0.1, 0.15) is 17.5 Å². The fourth-order valence-corrected chi connectivity index (χ4v) is 3.20. The van der Waals surface area contributed by atoms with Gasteiger partial charge in [0.2, 0.25) is 11.8 Å². The number of thioether (sulfide) groups is 1. The van der Waals surface area contributed by atoms with E-state index in [2.05, 4.69) is 10.3 Å². The van der Waals surface area contributed by atoms with Crippen molar-refractivity contribution in [3.8, 4) is 0 Å². The maximum Gasteiger partial charge on any atom is 0.242 e. The predicted octanol–water partition coefficient (Wildman–Crippen LogP) is 2.19. The van der Waals surface area contributed by atoms with E-state index in [0.29, 0.717) is 5.17 Å². The van der Waals surface area contributed by atoms with Crippen molar-refractivity contribution in [1.82, 2.24) is 4.90 Å². The number of aryl methyl sites for hydroxylation is 2. The molecular weight excluding hydrogens is 286 g/mol. The van der Waals surface area contributed by atoms with Crippen LogP contribution in [0, 0.1) is 13.8 Å². The van der Waals surface area contributed by atoms with Gasteiger partial charge in [-0.15, -0.1) is 0 Å². The normalized spacial score (nSPS) is 20.2. The van der Waals surface area contributed by atoms with Crippen molar-refractivity contribution in [3.63, 3.8) is 0 Å². The van der Waals surface area contributed by atoms with E-state index in [-0.39, 0.29) is 23.5 Å². The third-order valence-electron chi connectivity index (χ3n) is 3.49. The number of aliphatic imine (C=N–C) groups is 1. The second kappa shape index (κ2) is 6.30. The molecule has 1 aromatic carbocycles. The van der Waals surface area contributed by atoms with Gasteiger partial charge in [0.15, 0.2) is 5.17 Å². The lowest BCUT2D eigenvalue weighted by Crippen LogP contribution is -2.30. The molecule has 0 aromatic heterocycles. The zero-order valence-corrected chi connectivity index (χ0v) is 13.5. The summed E-state index contributed by atoms with van der Waals surface area (Å²) in [6.45, 7) is 4.02. The molecule has 0 aliphatic carbocycles. The van der Waals surface area contributed by atoms with Crippen LogP contribution in [0.25, 0.3) is 0 Å². The monoisotopic (exact) mass is 305 g/mol. The van der Waals surface area contributed by atoms with Crippen LogP contribution in [0.3, 0.4) is 0 Å². The van der Waals surface area contributed by atoms with E-state index in [1.807, 2.05) is 32.0 Å². The van der Waals surface area contributed by atoms with Gasteiger partial charge in [-0.2, -0.15) is 0 Å². The molecule has 1 N–H and O–H groups in total. The van der Waals surface area contributed by atoms with Gasteiger partial charge < -0.3 is 5.32 Å². The summed E-state index contributed by atoms with van der Waals surface area (Å²) < 4.78 is 0. The van der Waals surface area contributed by atoms with Crippen LogP contribution in [-0.4, -0.2) is 41.2 Å². The zero-order chi connectivity index (χ0) is 15.6. The Kier molecular flexibility index (Phi) is 4.67. The summed E-state index contributed by atoms with van der Waals surface area (Å²) in [5.74, 6) is -0.231. The fraction of sp³-hybridized carbons (Fsp3) is 0.400. The summed E-state index contributed by atoms with van der Waals surface area (Å²) in [6.07, 6.45) is 0.153. The summed E-state index contributed by atoms with van der Waals surface area (Å²) in [4.78, 5) is 29.6. The van der Waals surface area contributed by atoms with Crippen LogP contribution in [0.5, 0.6) is 0 Å². The molecule has 1 heterocycles. The summed E-state index contributed by atoms with van der Waals surface area (Å²) in [7, 11) is 3.32. The van der Waals surface area contributed by atoms with Gasteiger partial charge in [-0.05, 0) is 37.1 Å². The van der Waals surface area contributed by atoms with E-state index >= 15 is 0 Å². The Hall–Kier alpha value is -1.82. The molecule has 6 heteroatoms. The molecule has 5 nitrogen and oxygen atoms in total. The molecule has 1 saturated heterocycles. The second-order valence-corrected chi connectivity index (χ2v) is 6.23. The third-order valence-corrected chi connectivity index (χ3v) is 4.81. The average Bonchev–Trinajstić information content (AvgIpc) is 2.70. The average molecular weight is 305 g/mol. The van der Waals surface area contributed by atoms with Crippen molar-refractivity contribution >= 4 is 34.4 Å². The van der Waals surface area contributed by atoms with Crippen molar-refractivity contribution < 1.29 is 9.59 Å². The van der Waals surface area contributed by atoms with E-state index in [9.17, 15) is 9.59 Å². The molecule has 0 bridgehead atoms. The number of benzene rings is 1. The lowest BCUT2D eigenvalue weighted by Gasteiger charge is -2.10. The Morgan fingerprint density at radius 3 is 2.67 bits per heavy atom. The summed E-state index contributed by atoms with van der Waals surface area (Å²) >= 11 is 1.34. The molecule has 1 unspecified atom stereocenters. The number of amidine groups is 1. The Labute approximate surface area is 128 Å². The number of carbonyl (C=O) groups excluding carboxylic acids is 2. The highest BCUT2D eigenvalue weighted by atomic mass is 32.2. The van der Waals surface area contributed by atoms with E-state index in [0.717, 1.165) is 11.3 Å². The summed E-state index contributed by atoms with van der Waals surface area (Å²) in [5, 5.41) is 3.11. The topological polar surface area (TPSA) is 61.8 Å². The largest absolute Gasteiger partial charge is 0.326 e. The highest BCUT2D eigenvalue weighted by molar-refractivity contribution is 8.15. The third kappa shape index (κ3) is 3.44. The molecular formula is C15H19N3O2S. The molecule has 0 radical (unpaired) electrons. The van der Waals surface area contributed by atoms with Crippen LogP contribution in [0.15, 0.2) is 23.2 Å². The first-order valence-electron chi connectivity index (χ1n) is 6.70. The minimum absolute atomic E-state index is 0.0733. The number of rotatable bonds is 3. The van der Waals surface area contributed by atoms with E-state index < -0.39 is 0 Å². The first-order chi connectivity index (χ1) is 9.92. The SMILES string of the molecule is CN=C1SC(CC(=O)Nc2ccc(C)c(C)c2)C(=O)N1C. The molecule has 0 spiro atoms. The second-order valence-electron chi connectivity index (χ2n) is 5.06. The number of anilines is 1.